The van der Waals surface area contributed by atoms with Gasteiger partial charge in [0.05, 0.1) is 18.7 Å². The molecule has 2 aliphatic rings. The van der Waals surface area contributed by atoms with E-state index in [2.05, 4.69) is 29.4 Å². The zero-order valence-corrected chi connectivity index (χ0v) is 18.0. The zero-order valence-electron chi connectivity index (χ0n) is 18.0. The van der Waals surface area contributed by atoms with Crippen molar-refractivity contribution in [3.63, 3.8) is 0 Å². The molecule has 2 aromatic heterocycles. The third-order valence-corrected chi connectivity index (χ3v) is 6.39. The lowest BCUT2D eigenvalue weighted by Gasteiger charge is -2.28. The first-order valence-electron chi connectivity index (χ1n) is 11.3. The van der Waals surface area contributed by atoms with Gasteiger partial charge in [0.25, 0.3) is 5.91 Å². The van der Waals surface area contributed by atoms with Crippen LogP contribution >= 0.6 is 0 Å². The molecule has 0 spiro atoms. The molecule has 3 aromatic rings. The number of pyridine rings is 1. The van der Waals surface area contributed by atoms with Gasteiger partial charge < -0.3 is 15.0 Å². The fourth-order valence-electron chi connectivity index (χ4n) is 4.69. The number of benzene rings is 1. The standard InChI is InChI=1S/C24H29N5O2/c1-2-29-22-8-7-19(25-15-17-13-18-5-3-4-6-21(18)26-16-17)14-20(22)23(27-29)24(30)28-9-11-31-12-10-28/h3-6,13,16,19,25H,2,7-12,14-15H2,1H3. The SMILES string of the molecule is CCn1nc(C(=O)N2CCOCC2)c2c1CCC(NCc1cnc3ccccc3c1)C2. The van der Waals surface area contributed by atoms with Crippen molar-refractivity contribution in [2.24, 2.45) is 0 Å². The van der Waals surface area contributed by atoms with Crippen LogP contribution < -0.4 is 5.32 Å². The van der Waals surface area contributed by atoms with Gasteiger partial charge in [-0.3, -0.25) is 14.5 Å². The summed E-state index contributed by atoms with van der Waals surface area (Å²) in [6.07, 6.45) is 4.78. The largest absolute Gasteiger partial charge is 0.378 e. The van der Waals surface area contributed by atoms with Crippen LogP contribution in [0.15, 0.2) is 36.5 Å². The van der Waals surface area contributed by atoms with Crippen LogP contribution in [0.3, 0.4) is 0 Å². The Morgan fingerprint density at radius 3 is 2.94 bits per heavy atom. The summed E-state index contributed by atoms with van der Waals surface area (Å²) in [5, 5.41) is 9.58. The molecule has 1 aliphatic carbocycles. The van der Waals surface area contributed by atoms with Crippen molar-refractivity contribution >= 4 is 16.8 Å². The van der Waals surface area contributed by atoms with Crippen molar-refractivity contribution in [1.82, 2.24) is 25.0 Å². The lowest BCUT2D eigenvalue weighted by atomic mass is 9.91. The molecule has 1 aliphatic heterocycles. The van der Waals surface area contributed by atoms with Crippen molar-refractivity contribution in [3.8, 4) is 0 Å². The van der Waals surface area contributed by atoms with Crippen LogP contribution in [-0.4, -0.2) is 57.9 Å². The third-order valence-electron chi connectivity index (χ3n) is 6.39. The number of carbonyl (C=O) groups is 1. The number of nitrogens with one attached hydrogen (secondary N) is 1. The molecule has 1 saturated heterocycles. The predicted octanol–water partition coefficient (Wildman–Crippen LogP) is 2.57. The molecule has 162 valence electrons. The van der Waals surface area contributed by atoms with Crippen LogP contribution in [0.25, 0.3) is 10.9 Å². The minimum absolute atomic E-state index is 0.0473. The summed E-state index contributed by atoms with van der Waals surface area (Å²) in [5.74, 6) is 0.0473. The maximum atomic E-state index is 13.2. The van der Waals surface area contributed by atoms with Gasteiger partial charge in [-0.05, 0) is 43.9 Å². The Bertz CT molecular complexity index is 1090. The van der Waals surface area contributed by atoms with E-state index >= 15 is 0 Å². The fraction of sp³-hybridized carbons (Fsp3) is 0.458. The maximum absolute atomic E-state index is 13.2. The minimum Gasteiger partial charge on any atom is -0.378 e. The minimum atomic E-state index is 0.0473. The van der Waals surface area contributed by atoms with Crippen LogP contribution in [0.5, 0.6) is 0 Å². The van der Waals surface area contributed by atoms with Gasteiger partial charge in [-0.15, -0.1) is 0 Å². The van der Waals surface area contributed by atoms with Crippen LogP contribution in [0, 0.1) is 0 Å². The summed E-state index contributed by atoms with van der Waals surface area (Å²) >= 11 is 0. The van der Waals surface area contributed by atoms with Crippen LogP contribution in [0.1, 0.15) is 40.7 Å². The van der Waals surface area contributed by atoms with Crippen molar-refractivity contribution in [2.75, 3.05) is 26.3 Å². The van der Waals surface area contributed by atoms with Gasteiger partial charge in [-0.25, -0.2) is 0 Å². The second-order valence-corrected chi connectivity index (χ2v) is 8.35. The summed E-state index contributed by atoms with van der Waals surface area (Å²) in [5.41, 5.74) is 5.19. The molecule has 7 nitrogen and oxygen atoms in total. The van der Waals surface area contributed by atoms with Crippen molar-refractivity contribution in [3.05, 3.63) is 59.0 Å². The molecule has 1 amide bonds. The zero-order chi connectivity index (χ0) is 21.2. The highest BCUT2D eigenvalue weighted by atomic mass is 16.5. The van der Waals surface area contributed by atoms with Crippen molar-refractivity contribution < 1.29 is 9.53 Å². The molecule has 0 bridgehead atoms. The number of fused-ring (bicyclic) bond motifs is 2. The highest BCUT2D eigenvalue weighted by molar-refractivity contribution is 5.94. The van der Waals surface area contributed by atoms with Gasteiger partial charge in [-0.1, -0.05) is 18.2 Å². The molecule has 0 radical (unpaired) electrons. The van der Waals surface area contributed by atoms with Crippen LogP contribution in [-0.2, 0) is 30.7 Å². The number of ether oxygens (including phenoxy) is 1. The van der Waals surface area contributed by atoms with Crippen molar-refractivity contribution in [1.29, 1.82) is 0 Å². The van der Waals surface area contributed by atoms with Crippen molar-refractivity contribution in [2.45, 2.75) is 45.3 Å². The fourth-order valence-corrected chi connectivity index (χ4v) is 4.69. The number of aromatic nitrogens is 3. The molecular weight excluding hydrogens is 390 g/mol. The normalized spacial score (nSPS) is 18.9. The number of nitrogens with zero attached hydrogens (tertiary/aromatic N) is 4. The first kappa shape index (κ1) is 20.2. The molecule has 1 atom stereocenters. The molecule has 3 heterocycles. The third kappa shape index (κ3) is 4.07. The van der Waals surface area contributed by atoms with Gasteiger partial charge >= 0.3 is 0 Å². The number of rotatable bonds is 5. The van der Waals surface area contributed by atoms with E-state index in [1.165, 1.54) is 11.3 Å². The molecule has 7 heteroatoms. The average molecular weight is 420 g/mol. The van der Waals surface area contributed by atoms with E-state index in [0.717, 1.165) is 48.8 Å². The van der Waals surface area contributed by atoms with Gasteiger partial charge in [0.1, 0.15) is 0 Å². The molecule has 0 saturated carbocycles. The van der Waals surface area contributed by atoms with E-state index in [4.69, 9.17) is 9.84 Å². The molecule has 1 fully saturated rings. The Balaban J connectivity index is 1.31. The molecule has 1 aromatic carbocycles. The second-order valence-electron chi connectivity index (χ2n) is 8.35. The quantitative estimate of drug-likeness (QED) is 0.688. The second kappa shape index (κ2) is 8.77. The highest BCUT2D eigenvalue weighted by Gasteiger charge is 2.31. The lowest BCUT2D eigenvalue weighted by molar-refractivity contribution is 0.0297. The summed E-state index contributed by atoms with van der Waals surface area (Å²) in [6, 6.07) is 10.7. The van der Waals surface area contributed by atoms with Crippen LogP contribution in [0.2, 0.25) is 0 Å². The number of hydrogen-bond donors (Lipinski definition) is 1. The topological polar surface area (TPSA) is 72.3 Å². The number of hydrogen-bond acceptors (Lipinski definition) is 5. The first-order valence-corrected chi connectivity index (χ1v) is 11.3. The van der Waals surface area contributed by atoms with Gasteiger partial charge in [0.2, 0.25) is 0 Å². The smallest absolute Gasteiger partial charge is 0.274 e. The van der Waals surface area contributed by atoms with E-state index in [9.17, 15) is 4.79 Å². The van der Waals surface area contributed by atoms with E-state index < -0.39 is 0 Å². The maximum Gasteiger partial charge on any atom is 0.274 e. The molecule has 5 rings (SSSR count). The Labute approximate surface area is 182 Å². The van der Waals surface area contributed by atoms with Gasteiger partial charge in [-0.2, -0.15) is 5.10 Å². The average Bonchev–Trinajstić information content (AvgIpc) is 3.20. The predicted molar refractivity (Wildman–Crippen MR) is 119 cm³/mol. The Morgan fingerprint density at radius 2 is 2.10 bits per heavy atom. The number of carbonyl (C=O) groups excluding carboxylic acids is 1. The molecule has 31 heavy (non-hydrogen) atoms. The van der Waals surface area contributed by atoms with E-state index in [1.54, 1.807) is 0 Å². The summed E-state index contributed by atoms with van der Waals surface area (Å²) < 4.78 is 7.43. The molecule has 1 N–H and O–H groups in total. The number of para-hydroxylation sites is 1. The summed E-state index contributed by atoms with van der Waals surface area (Å²) in [6.45, 7) is 6.14. The Kier molecular flexibility index (Phi) is 5.70. The van der Waals surface area contributed by atoms with E-state index in [0.29, 0.717) is 38.0 Å². The molecule has 1 unspecified atom stereocenters. The van der Waals surface area contributed by atoms with Gasteiger partial charge in [0, 0.05) is 55.1 Å². The highest BCUT2D eigenvalue weighted by Crippen LogP contribution is 2.26. The monoisotopic (exact) mass is 419 g/mol. The lowest BCUT2D eigenvalue weighted by Crippen LogP contribution is -2.41. The Hall–Kier alpha value is -2.77. The first-order chi connectivity index (χ1) is 15.2. The van der Waals surface area contributed by atoms with Crippen LogP contribution in [0.4, 0.5) is 0 Å². The number of morpholine rings is 1. The Morgan fingerprint density at radius 1 is 1.26 bits per heavy atom. The number of aryl methyl sites for hydroxylation is 1. The summed E-state index contributed by atoms with van der Waals surface area (Å²) in [7, 11) is 0. The van der Waals surface area contributed by atoms with Gasteiger partial charge in [0.15, 0.2) is 5.69 Å². The summed E-state index contributed by atoms with van der Waals surface area (Å²) in [4.78, 5) is 19.6. The molecular formula is C24H29N5O2. The number of amides is 1. The van der Waals surface area contributed by atoms with E-state index in [1.807, 2.05) is 34.0 Å². The van der Waals surface area contributed by atoms with E-state index in [-0.39, 0.29) is 5.91 Å².